The van der Waals surface area contributed by atoms with Crippen LogP contribution in [0.25, 0.3) is 5.53 Å². The molecule has 8 aromatic carbocycles. The number of carbonyl (C=O) groups excluding carboxylic acids is 3. The van der Waals surface area contributed by atoms with Crippen molar-refractivity contribution in [3.63, 3.8) is 0 Å². The minimum Gasteiger partial charge on any atom is -0.383 e. The van der Waals surface area contributed by atoms with Crippen molar-refractivity contribution in [2.45, 2.75) is 386 Å². The zero-order valence-electron chi connectivity index (χ0n) is 88.5. The summed E-state index contributed by atoms with van der Waals surface area (Å²) < 4.78 is 48.5. The molecule has 0 N–H and O–H groups in total. The molecule has 10 nitrogen and oxygen atoms in total. The molecule has 0 saturated carbocycles. The smallest absolute Gasteiger partial charge is 0.306 e. The maximum atomic E-state index is 11.3. The van der Waals surface area contributed by atoms with Crippen LogP contribution < -0.4 is 4.18 Å². The summed E-state index contributed by atoms with van der Waals surface area (Å²) >= 11 is 5.66. The van der Waals surface area contributed by atoms with E-state index in [1.165, 1.54) is 56.3 Å². The summed E-state index contributed by atoms with van der Waals surface area (Å²) in [6.07, 6.45) is 7.22. The van der Waals surface area contributed by atoms with Crippen molar-refractivity contribution in [1.82, 2.24) is 0 Å². The molecule has 0 fully saturated rings. The first-order valence-corrected chi connectivity index (χ1v) is 55.3. The van der Waals surface area contributed by atoms with E-state index in [-0.39, 0.29) is 17.3 Å². The highest BCUT2D eigenvalue weighted by atomic mass is 35.5. The molecular formula is C112H187ClN2O8S2Si. The van der Waals surface area contributed by atoms with Crippen molar-refractivity contribution in [3.8, 4) is 5.75 Å². The van der Waals surface area contributed by atoms with Gasteiger partial charge in [0.1, 0.15) is 5.75 Å². The zero-order chi connectivity index (χ0) is 100. The lowest BCUT2D eigenvalue weighted by Gasteiger charge is -2.10. The number of halogens is 1. The van der Waals surface area contributed by atoms with Gasteiger partial charge in [0.25, 0.3) is 0 Å². The largest absolute Gasteiger partial charge is 0.383 e. The predicted octanol–water partition coefficient (Wildman–Crippen LogP) is 35.7. The Bertz CT molecular complexity index is 3880. The molecule has 0 amide bonds. The summed E-state index contributed by atoms with van der Waals surface area (Å²) in [6, 6.07) is 64.0. The third kappa shape index (κ3) is 67.6. The van der Waals surface area contributed by atoms with Gasteiger partial charge in [-0.3, -0.25) is 14.4 Å². The van der Waals surface area contributed by atoms with Crippen molar-refractivity contribution < 1.29 is 40.2 Å². The standard InChI is InChI=1S/3C12H16O.2C11H16.C10H13Cl.C10H14O3S.C10H14O2S.C8H18N2Si.8C2H6/c3*1-4-12(13)11-7-5-10(6-8-11)9(2)3;2*1-4-10-5-7-11(8-6-10)9(2)3;1-8(2)10-5-3-9(7-11)4-6-10;1-8(2)9-4-6-10(7-5-9)13-14(3,11)12;1-8(2)9-4-6-10(7-5-9)13(3,11)12;1-7(2)6-8(10-9)11(3,4)5;8*1-2/h3*5-9H,4H2,1-3H3;2*5-9H,4H2,1-3H3;3-6,8H,7H2,1-2H3;4-8H,1-3H3;4-8H,1-3H3;7H,6H2,1-5H3;8*1-2H3. The van der Waals surface area contributed by atoms with E-state index < -0.39 is 28.0 Å². The molecule has 0 aromatic heterocycles. The molecular weight excluding hydrogens is 1630 g/mol. The molecule has 0 radical (unpaired) electrons. The normalized spacial score (nSPS) is 9.92. The van der Waals surface area contributed by atoms with Gasteiger partial charge in [-0.25, -0.2) is 8.42 Å². The zero-order valence-corrected chi connectivity index (χ0v) is 91.9. The van der Waals surface area contributed by atoms with Crippen molar-refractivity contribution >= 4 is 62.3 Å². The van der Waals surface area contributed by atoms with Gasteiger partial charge in [-0.1, -0.05) is 460 Å². The summed E-state index contributed by atoms with van der Waals surface area (Å²) in [5.41, 5.74) is 25.7. The van der Waals surface area contributed by atoms with Crippen LogP contribution in [0.5, 0.6) is 5.75 Å². The molecule has 0 aliphatic carbocycles. The molecule has 0 unspecified atom stereocenters. The summed E-state index contributed by atoms with van der Waals surface area (Å²) in [7, 11) is -7.80. The van der Waals surface area contributed by atoms with Crippen LogP contribution in [0.2, 0.25) is 19.6 Å². The average molecular weight is 1820 g/mol. The van der Waals surface area contributed by atoms with Crippen LogP contribution in [0.3, 0.4) is 0 Å². The van der Waals surface area contributed by atoms with Crippen LogP contribution in [0.4, 0.5) is 0 Å². The molecule has 0 aliphatic heterocycles. The Morgan fingerprint density at radius 1 is 0.325 bits per heavy atom. The van der Waals surface area contributed by atoms with Gasteiger partial charge in [-0.15, -0.1) is 11.6 Å². The Hall–Kier alpha value is -7.64. The van der Waals surface area contributed by atoms with Crippen LogP contribution in [0.15, 0.2) is 199 Å². The first-order valence-electron chi connectivity index (χ1n) is 47.6. The van der Waals surface area contributed by atoms with E-state index in [9.17, 15) is 31.2 Å². The Morgan fingerprint density at radius 2 is 0.516 bits per heavy atom. The minimum absolute atomic E-state index is 0.218. The van der Waals surface area contributed by atoms with Crippen molar-refractivity contribution in [2.75, 3.05) is 12.5 Å². The Kier molecular flexibility index (Phi) is 89.8. The highest BCUT2D eigenvalue weighted by molar-refractivity contribution is 7.90. The fourth-order valence-electron chi connectivity index (χ4n) is 10.1. The van der Waals surface area contributed by atoms with Gasteiger partial charge in [0.05, 0.1) is 11.2 Å². The summed E-state index contributed by atoms with van der Waals surface area (Å²) in [6.45, 7) is 87.4. The number of benzene rings is 8. The van der Waals surface area contributed by atoms with Crippen LogP contribution in [0.1, 0.15) is 435 Å². The van der Waals surface area contributed by atoms with Gasteiger partial charge in [-0.2, -0.15) is 13.2 Å². The summed E-state index contributed by atoms with van der Waals surface area (Å²) in [5, 5.41) is 1.02. The van der Waals surface area contributed by atoms with E-state index in [0.29, 0.717) is 89.0 Å². The molecule has 126 heavy (non-hydrogen) atoms. The number of Topliss-reactive ketones (excluding diaryl/α,β-unsaturated/α-hetero) is 3. The fraction of sp³-hybridized carbons (Fsp3) is 0.536. The molecule has 0 heterocycles. The fourth-order valence-corrected chi connectivity index (χ4v) is 12.7. The lowest BCUT2D eigenvalue weighted by atomic mass is 10.00. The van der Waals surface area contributed by atoms with E-state index in [4.69, 9.17) is 21.3 Å². The first kappa shape index (κ1) is 136. The van der Waals surface area contributed by atoms with Crippen LogP contribution in [-0.4, -0.2) is 64.9 Å². The monoisotopic (exact) mass is 1820 g/mol. The third-order valence-electron chi connectivity index (χ3n) is 17.9. The van der Waals surface area contributed by atoms with Gasteiger partial charge in [-0.05, 0) is 152 Å². The number of nitrogens with zero attached hydrogens (tertiary/aromatic N) is 2. The molecule has 0 atom stereocenters. The van der Waals surface area contributed by atoms with E-state index in [0.717, 1.165) is 58.7 Å². The number of ketones is 3. The molecule has 0 saturated heterocycles. The molecule has 8 rings (SSSR count). The minimum atomic E-state index is -3.41. The molecule has 0 aliphatic rings. The molecule has 14 heteroatoms. The van der Waals surface area contributed by atoms with E-state index in [1.54, 1.807) is 24.3 Å². The SMILES string of the molecule is CC.CC.CC.CC.CC.CC.CC.CC.CC(C)CC(=[N+]=[N-])[Si](C)(C)C.CC(C)c1ccc(CCl)cc1.CC(C)c1ccc(OS(C)(=O)=O)cc1.CC(C)c1ccc(S(C)(=O)=O)cc1.CCC(=O)c1ccc(C(C)C)cc1.CCC(=O)c1ccc(C(C)C)cc1.CCC(=O)c1ccc(C(C)C)cc1.CCc1ccc(C(C)C)cc1.CCc1ccc(C(C)C)cc1. The van der Waals surface area contributed by atoms with E-state index in [2.05, 4.69) is 236 Å². The molecule has 0 bridgehead atoms. The average Bonchev–Trinajstić information content (AvgIpc) is 0.841. The first-order chi connectivity index (χ1) is 59.3. The number of hydrogen-bond donors (Lipinski definition) is 0. The van der Waals surface area contributed by atoms with Crippen molar-refractivity contribution in [1.29, 1.82) is 0 Å². The van der Waals surface area contributed by atoms with Crippen molar-refractivity contribution in [3.05, 3.63) is 278 Å². The van der Waals surface area contributed by atoms with Gasteiger partial charge in [0.15, 0.2) is 35.3 Å². The lowest BCUT2D eigenvalue weighted by Crippen LogP contribution is -2.35. The van der Waals surface area contributed by atoms with Crippen LogP contribution >= 0.6 is 11.6 Å². The predicted molar refractivity (Wildman–Crippen MR) is 567 cm³/mol. The number of sulfone groups is 1. The van der Waals surface area contributed by atoms with E-state index >= 15 is 0 Å². The highest BCUT2D eigenvalue weighted by Gasteiger charge is 2.30. The quantitative estimate of drug-likeness (QED) is 0.0116. The number of aryl methyl sites for hydroxylation is 2. The van der Waals surface area contributed by atoms with Gasteiger partial charge >= 0.3 is 10.1 Å². The Labute approximate surface area is 785 Å². The highest BCUT2D eigenvalue weighted by Crippen LogP contribution is 2.24. The second-order valence-electron chi connectivity index (χ2n) is 31.6. The number of hydrogen-bond acceptors (Lipinski definition) is 8. The van der Waals surface area contributed by atoms with Gasteiger partial charge < -0.3 is 9.71 Å². The lowest BCUT2D eigenvalue weighted by molar-refractivity contribution is -0.00513. The third-order valence-corrected chi connectivity index (χ3v) is 21.9. The second-order valence-corrected chi connectivity index (χ2v) is 40.5. The Balaban J connectivity index is -0.000000171. The second kappa shape index (κ2) is 83.0. The summed E-state index contributed by atoms with van der Waals surface area (Å²) in [5.74, 6) is 6.60. The maximum Gasteiger partial charge on any atom is 0.306 e. The molecule has 716 valence electrons. The van der Waals surface area contributed by atoms with E-state index in [1.807, 2.05) is 229 Å². The van der Waals surface area contributed by atoms with Crippen LogP contribution in [-0.2, 0) is 38.7 Å². The molecule has 8 aromatic rings. The maximum absolute atomic E-state index is 11.3. The topological polar surface area (TPSA) is 165 Å². The Morgan fingerprint density at radius 3 is 0.659 bits per heavy atom. The number of rotatable bonds is 23. The van der Waals surface area contributed by atoms with Gasteiger partial charge in [0.2, 0.25) is 5.33 Å². The van der Waals surface area contributed by atoms with Gasteiger partial charge in [0, 0.05) is 54.5 Å². The summed E-state index contributed by atoms with van der Waals surface area (Å²) in [4.78, 5) is 37.6. The number of carbonyl (C=O) groups is 3. The van der Waals surface area contributed by atoms with Crippen molar-refractivity contribution in [2.24, 2.45) is 5.92 Å². The number of alkyl halides is 1. The van der Waals surface area contributed by atoms with Crippen LogP contribution in [0, 0.1) is 5.92 Å². The molecule has 0 spiro atoms.